The van der Waals surface area contributed by atoms with Crippen molar-refractivity contribution in [1.29, 1.82) is 0 Å². The van der Waals surface area contributed by atoms with Crippen molar-refractivity contribution in [2.45, 2.75) is 20.3 Å². The number of hydrogen-bond donors (Lipinski definition) is 1. The van der Waals surface area contributed by atoms with E-state index in [1.165, 1.54) is 11.3 Å². The molecule has 0 bridgehead atoms. The maximum absolute atomic E-state index is 12.8. The number of nitrogens with one attached hydrogen (secondary N) is 1. The summed E-state index contributed by atoms with van der Waals surface area (Å²) in [7, 11) is 0. The van der Waals surface area contributed by atoms with Crippen LogP contribution < -0.4 is 5.32 Å². The van der Waals surface area contributed by atoms with Crippen molar-refractivity contribution < 1.29 is 4.79 Å². The first-order chi connectivity index (χ1) is 14.4. The van der Waals surface area contributed by atoms with Crippen LogP contribution in [0.2, 0.25) is 10.0 Å². The lowest BCUT2D eigenvalue weighted by molar-refractivity contribution is 0.102. The van der Waals surface area contributed by atoms with Gasteiger partial charge in [0.15, 0.2) is 10.8 Å². The van der Waals surface area contributed by atoms with Crippen LogP contribution in [0.1, 0.15) is 32.3 Å². The Hall–Kier alpha value is -2.74. The van der Waals surface area contributed by atoms with Crippen LogP contribution in [0.5, 0.6) is 0 Å². The molecule has 0 spiro atoms. The predicted octanol–water partition coefficient (Wildman–Crippen LogP) is 5.49. The second-order valence-corrected chi connectivity index (χ2v) is 8.60. The lowest BCUT2D eigenvalue weighted by atomic mass is 10.1. The maximum atomic E-state index is 12.8. The van der Waals surface area contributed by atoms with Gasteiger partial charge in [0, 0.05) is 16.3 Å². The fourth-order valence-electron chi connectivity index (χ4n) is 2.98. The van der Waals surface area contributed by atoms with Gasteiger partial charge in [-0.05, 0) is 43.7 Å². The third-order valence-electron chi connectivity index (χ3n) is 4.58. The summed E-state index contributed by atoms with van der Waals surface area (Å²) < 4.78 is 1.55. The van der Waals surface area contributed by atoms with E-state index in [1.54, 1.807) is 17.7 Å². The molecule has 6 nitrogen and oxygen atoms in total. The Kier molecular flexibility index (Phi) is 5.85. The number of carbonyl (C=O) groups is 1. The highest BCUT2D eigenvalue weighted by molar-refractivity contribution is 7.15. The van der Waals surface area contributed by atoms with Gasteiger partial charge < -0.3 is 0 Å². The zero-order valence-corrected chi connectivity index (χ0v) is 18.5. The number of aryl methyl sites for hydroxylation is 1. The van der Waals surface area contributed by atoms with E-state index in [-0.39, 0.29) is 11.6 Å². The van der Waals surface area contributed by atoms with Gasteiger partial charge in [0.05, 0.1) is 22.1 Å². The molecule has 0 aliphatic rings. The van der Waals surface area contributed by atoms with Crippen LogP contribution in [-0.2, 0) is 6.42 Å². The SMILES string of the molecule is Cc1nc(NC(=O)c2nnn(-c3ccccc3Cl)c2C)sc1Cc1ccc(Cl)cc1. The van der Waals surface area contributed by atoms with Gasteiger partial charge in [-0.15, -0.1) is 16.4 Å². The first-order valence-electron chi connectivity index (χ1n) is 9.11. The van der Waals surface area contributed by atoms with Crippen LogP contribution in [0, 0.1) is 13.8 Å². The molecule has 0 aliphatic heterocycles. The third kappa shape index (κ3) is 4.23. The molecule has 1 N–H and O–H groups in total. The second-order valence-electron chi connectivity index (χ2n) is 6.67. The number of hydrogen-bond acceptors (Lipinski definition) is 5. The molecule has 1 amide bonds. The number of aromatic nitrogens is 4. The normalized spacial score (nSPS) is 10.9. The Morgan fingerprint density at radius 1 is 1.10 bits per heavy atom. The molecule has 4 rings (SSSR count). The van der Waals surface area contributed by atoms with Crippen LogP contribution in [0.25, 0.3) is 5.69 Å². The van der Waals surface area contributed by atoms with Gasteiger partial charge in [-0.3, -0.25) is 10.1 Å². The van der Waals surface area contributed by atoms with Gasteiger partial charge in [-0.1, -0.05) is 52.7 Å². The molecule has 0 unspecified atom stereocenters. The number of carbonyl (C=O) groups excluding carboxylic acids is 1. The van der Waals surface area contributed by atoms with E-state index in [9.17, 15) is 4.79 Å². The van der Waals surface area contributed by atoms with Gasteiger partial charge in [-0.25, -0.2) is 9.67 Å². The molecular weight excluding hydrogens is 441 g/mol. The Morgan fingerprint density at radius 2 is 1.83 bits per heavy atom. The summed E-state index contributed by atoms with van der Waals surface area (Å²) in [5.41, 5.74) is 3.49. The molecule has 152 valence electrons. The maximum Gasteiger partial charge on any atom is 0.279 e. The molecule has 0 aliphatic carbocycles. The third-order valence-corrected chi connectivity index (χ3v) is 6.23. The van der Waals surface area contributed by atoms with Gasteiger partial charge >= 0.3 is 0 Å². The van der Waals surface area contributed by atoms with Crippen LogP contribution in [0.15, 0.2) is 48.5 Å². The van der Waals surface area contributed by atoms with Crippen LogP contribution in [-0.4, -0.2) is 25.9 Å². The number of anilines is 1. The molecule has 0 saturated heterocycles. The molecule has 2 heterocycles. The van der Waals surface area contributed by atoms with Crippen molar-refractivity contribution in [1.82, 2.24) is 20.0 Å². The van der Waals surface area contributed by atoms with E-state index in [1.807, 2.05) is 49.4 Å². The largest absolute Gasteiger partial charge is 0.296 e. The minimum atomic E-state index is -0.363. The van der Waals surface area contributed by atoms with E-state index in [0.29, 0.717) is 26.6 Å². The average Bonchev–Trinajstić information content (AvgIpc) is 3.26. The minimum absolute atomic E-state index is 0.224. The fourth-order valence-corrected chi connectivity index (χ4v) is 4.31. The number of nitrogens with zero attached hydrogens (tertiary/aromatic N) is 4. The molecular formula is C21H17Cl2N5OS. The first kappa shape index (κ1) is 20.5. The summed E-state index contributed by atoms with van der Waals surface area (Å²) in [4.78, 5) is 18.3. The smallest absolute Gasteiger partial charge is 0.279 e. The standard InChI is InChI=1S/C21H17Cl2N5OS/c1-12-18(11-14-7-9-15(22)10-8-14)30-21(24-12)25-20(29)19-13(2)28(27-26-19)17-6-4-3-5-16(17)23/h3-10H,11H2,1-2H3,(H,24,25,29). The molecule has 0 fully saturated rings. The molecule has 30 heavy (non-hydrogen) atoms. The van der Waals surface area contributed by atoms with Crippen LogP contribution in [0.4, 0.5) is 5.13 Å². The molecule has 0 atom stereocenters. The van der Waals surface area contributed by atoms with Gasteiger partial charge in [0.2, 0.25) is 0 Å². The zero-order valence-electron chi connectivity index (χ0n) is 16.2. The Morgan fingerprint density at radius 3 is 2.57 bits per heavy atom. The van der Waals surface area contributed by atoms with Crippen LogP contribution in [0.3, 0.4) is 0 Å². The molecule has 2 aromatic carbocycles. The van der Waals surface area contributed by atoms with Crippen molar-refractivity contribution in [2.75, 3.05) is 5.32 Å². The molecule has 2 aromatic heterocycles. The fraction of sp³-hybridized carbons (Fsp3) is 0.143. The van der Waals surface area contributed by atoms with Gasteiger partial charge in [-0.2, -0.15) is 0 Å². The van der Waals surface area contributed by atoms with Crippen molar-refractivity contribution in [2.24, 2.45) is 0 Å². The zero-order chi connectivity index (χ0) is 21.3. The molecule has 0 radical (unpaired) electrons. The molecule has 0 saturated carbocycles. The average molecular weight is 458 g/mol. The van der Waals surface area contributed by atoms with E-state index in [0.717, 1.165) is 22.6 Å². The summed E-state index contributed by atoms with van der Waals surface area (Å²) >= 11 is 13.6. The number of thiazole rings is 1. The van der Waals surface area contributed by atoms with Crippen molar-refractivity contribution in [3.8, 4) is 5.69 Å². The second kappa shape index (κ2) is 8.55. The highest BCUT2D eigenvalue weighted by atomic mass is 35.5. The van der Waals surface area contributed by atoms with Gasteiger partial charge in [0.25, 0.3) is 5.91 Å². The quantitative estimate of drug-likeness (QED) is 0.429. The first-order valence-corrected chi connectivity index (χ1v) is 10.7. The predicted molar refractivity (Wildman–Crippen MR) is 120 cm³/mol. The lowest BCUT2D eigenvalue weighted by Crippen LogP contribution is -2.14. The van der Waals surface area contributed by atoms with Crippen molar-refractivity contribution >= 4 is 45.6 Å². The van der Waals surface area contributed by atoms with E-state index < -0.39 is 0 Å². The summed E-state index contributed by atoms with van der Waals surface area (Å²) in [6, 6.07) is 15.0. The highest BCUT2D eigenvalue weighted by Gasteiger charge is 2.20. The van der Waals surface area contributed by atoms with E-state index in [2.05, 4.69) is 20.6 Å². The number of amides is 1. The Balaban J connectivity index is 1.52. The number of halogens is 2. The monoisotopic (exact) mass is 457 g/mol. The van der Waals surface area contributed by atoms with Crippen molar-refractivity contribution in [3.05, 3.63) is 86.1 Å². The Bertz CT molecular complexity index is 1220. The number of benzene rings is 2. The molecule has 4 aromatic rings. The minimum Gasteiger partial charge on any atom is -0.296 e. The highest BCUT2D eigenvalue weighted by Crippen LogP contribution is 2.27. The summed E-state index contributed by atoms with van der Waals surface area (Å²) in [6.45, 7) is 3.70. The number of rotatable bonds is 5. The topological polar surface area (TPSA) is 72.7 Å². The van der Waals surface area contributed by atoms with E-state index >= 15 is 0 Å². The number of para-hydroxylation sites is 1. The summed E-state index contributed by atoms with van der Waals surface area (Å²) in [6.07, 6.45) is 0.720. The van der Waals surface area contributed by atoms with E-state index in [4.69, 9.17) is 23.2 Å². The Labute approximate surface area is 187 Å². The van der Waals surface area contributed by atoms with Crippen molar-refractivity contribution in [3.63, 3.8) is 0 Å². The summed E-state index contributed by atoms with van der Waals surface area (Å²) in [5.74, 6) is -0.363. The van der Waals surface area contributed by atoms with Gasteiger partial charge in [0.1, 0.15) is 0 Å². The summed E-state index contributed by atoms with van der Waals surface area (Å²) in [5, 5.41) is 12.7. The lowest BCUT2D eigenvalue weighted by Gasteiger charge is -2.05. The molecule has 9 heteroatoms. The van der Waals surface area contributed by atoms with Crippen LogP contribution >= 0.6 is 34.5 Å².